The number of hydrogen-bond donors (Lipinski definition) is 0. The minimum Gasteiger partial charge on any atom is -0.466 e. The second-order valence-electron chi connectivity index (χ2n) is 5.78. The summed E-state index contributed by atoms with van der Waals surface area (Å²) in [6.45, 7) is 4.68. The lowest BCUT2D eigenvalue weighted by atomic mass is 10.0. The Labute approximate surface area is 136 Å². The normalized spacial score (nSPS) is 14.5. The molecule has 0 fully saturated rings. The summed E-state index contributed by atoms with van der Waals surface area (Å²) in [4.78, 5) is 18.1. The summed E-state index contributed by atoms with van der Waals surface area (Å²) < 4.78 is 6.99. The molecule has 0 amide bonds. The number of carbonyl (C=O) groups is 1. The fourth-order valence-electron chi connectivity index (χ4n) is 2.98. The largest absolute Gasteiger partial charge is 0.466 e. The molecule has 0 radical (unpaired) electrons. The molecule has 0 atom stereocenters. The Bertz CT molecular complexity index is 681. The van der Waals surface area contributed by atoms with Crippen LogP contribution < -0.4 is 0 Å². The minimum atomic E-state index is -0.174. The molecule has 23 heavy (non-hydrogen) atoms. The van der Waals surface area contributed by atoms with Crippen LogP contribution in [0.3, 0.4) is 0 Å². The van der Waals surface area contributed by atoms with Crippen molar-refractivity contribution in [1.82, 2.24) is 19.7 Å². The van der Waals surface area contributed by atoms with Gasteiger partial charge in [-0.05, 0) is 26.1 Å². The predicted molar refractivity (Wildman–Crippen MR) is 86.7 cm³/mol. The number of rotatable bonds is 5. The Morgan fingerprint density at radius 1 is 1.43 bits per heavy atom. The summed E-state index contributed by atoms with van der Waals surface area (Å²) in [5, 5.41) is 4.77. The summed E-state index contributed by atoms with van der Waals surface area (Å²) in [6, 6.07) is 3.95. The molecular formula is C17H22N4O2. The molecular weight excluding hydrogens is 292 g/mol. The monoisotopic (exact) mass is 314 g/mol. The molecule has 0 bridgehead atoms. The van der Waals surface area contributed by atoms with E-state index in [4.69, 9.17) is 9.84 Å². The van der Waals surface area contributed by atoms with Gasteiger partial charge in [0.2, 0.25) is 0 Å². The van der Waals surface area contributed by atoms with Crippen LogP contribution in [0.2, 0.25) is 0 Å². The van der Waals surface area contributed by atoms with Gasteiger partial charge in [-0.15, -0.1) is 0 Å². The Morgan fingerprint density at radius 2 is 2.30 bits per heavy atom. The highest BCUT2D eigenvalue weighted by Crippen LogP contribution is 2.29. The van der Waals surface area contributed by atoms with Crippen molar-refractivity contribution in [2.45, 2.75) is 32.9 Å². The van der Waals surface area contributed by atoms with E-state index >= 15 is 0 Å². The maximum absolute atomic E-state index is 11.6. The first-order chi connectivity index (χ1) is 11.2. The molecule has 2 aromatic rings. The third kappa shape index (κ3) is 3.42. The maximum atomic E-state index is 11.6. The number of aromatic nitrogens is 3. The second kappa shape index (κ2) is 6.91. The number of fused-ring (bicyclic) bond motifs is 1. The van der Waals surface area contributed by atoms with E-state index in [9.17, 15) is 4.79 Å². The topological polar surface area (TPSA) is 60.3 Å². The van der Waals surface area contributed by atoms with Gasteiger partial charge >= 0.3 is 5.97 Å². The Kier molecular flexibility index (Phi) is 4.71. The van der Waals surface area contributed by atoms with E-state index in [1.807, 2.05) is 29.9 Å². The van der Waals surface area contributed by atoms with Gasteiger partial charge in [-0.1, -0.05) is 0 Å². The summed E-state index contributed by atoms with van der Waals surface area (Å²) in [6.07, 6.45) is 4.90. The van der Waals surface area contributed by atoms with E-state index in [2.05, 4.69) is 16.9 Å². The van der Waals surface area contributed by atoms with Crippen LogP contribution in [0.1, 0.15) is 24.6 Å². The quantitative estimate of drug-likeness (QED) is 0.789. The van der Waals surface area contributed by atoms with Crippen LogP contribution in [0.15, 0.2) is 24.5 Å². The average Bonchev–Trinajstić information content (AvgIpc) is 2.92. The lowest BCUT2D eigenvalue weighted by Crippen LogP contribution is -2.27. The molecule has 6 heteroatoms. The molecule has 0 N–H and O–H groups in total. The van der Waals surface area contributed by atoms with E-state index in [0.717, 1.165) is 30.8 Å². The third-order valence-electron chi connectivity index (χ3n) is 4.09. The molecule has 0 spiro atoms. The zero-order valence-corrected chi connectivity index (χ0v) is 13.7. The van der Waals surface area contributed by atoms with Crippen molar-refractivity contribution in [3.8, 4) is 11.3 Å². The zero-order valence-electron chi connectivity index (χ0n) is 13.7. The van der Waals surface area contributed by atoms with Gasteiger partial charge in [0.25, 0.3) is 0 Å². The molecule has 0 saturated heterocycles. The number of likely N-dealkylation sites (N-methyl/N-ethyl adjacent to an activating group) is 1. The molecule has 3 rings (SSSR count). The van der Waals surface area contributed by atoms with E-state index in [1.165, 1.54) is 11.3 Å². The highest BCUT2D eigenvalue weighted by Gasteiger charge is 2.24. The number of carbonyl (C=O) groups excluding carboxylic acids is 1. The number of ether oxygens (including phenoxy) is 1. The zero-order chi connectivity index (χ0) is 16.2. The molecule has 0 aromatic carbocycles. The van der Waals surface area contributed by atoms with Crippen LogP contribution in [0.4, 0.5) is 0 Å². The average molecular weight is 314 g/mol. The summed E-state index contributed by atoms with van der Waals surface area (Å²) in [7, 11) is 2.12. The number of nitrogens with zero attached hydrogens (tertiary/aromatic N) is 4. The van der Waals surface area contributed by atoms with Crippen molar-refractivity contribution in [1.29, 1.82) is 0 Å². The van der Waals surface area contributed by atoms with E-state index < -0.39 is 0 Å². The predicted octanol–water partition coefficient (Wildman–Crippen LogP) is 1.89. The molecule has 1 aliphatic heterocycles. The van der Waals surface area contributed by atoms with Gasteiger partial charge in [0.15, 0.2) is 0 Å². The Morgan fingerprint density at radius 3 is 3.04 bits per heavy atom. The number of hydrogen-bond acceptors (Lipinski definition) is 5. The van der Waals surface area contributed by atoms with Crippen LogP contribution in [-0.2, 0) is 29.0 Å². The van der Waals surface area contributed by atoms with Crippen LogP contribution in [-0.4, -0.2) is 45.8 Å². The number of pyridine rings is 1. The Balaban J connectivity index is 1.90. The van der Waals surface area contributed by atoms with Crippen molar-refractivity contribution >= 4 is 5.97 Å². The molecule has 0 aliphatic carbocycles. The Hall–Kier alpha value is -2.21. The van der Waals surface area contributed by atoms with Gasteiger partial charge in [-0.25, -0.2) is 0 Å². The molecule has 0 saturated carbocycles. The van der Waals surface area contributed by atoms with Crippen LogP contribution in [0, 0.1) is 0 Å². The molecule has 2 aromatic heterocycles. The SMILES string of the molecule is CCOC(=O)CCn1nc(-c2cccnc2)c2c1CCN(C)C2. The van der Waals surface area contributed by atoms with E-state index in [1.54, 1.807) is 6.20 Å². The van der Waals surface area contributed by atoms with E-state index in [-0.39, 0.29) is 5.97 Å². The number of aryl methyl sites for hydroxylation is 1. The minimum absolute atomic E-state index is 0.174. The standard InChI is InChI=1S/C17H22N4O2/c1-3-23-16(22)7-10-21-15-6-9-20(2)12-14(15)17(19-21)13-5-4-8-18-11-13/h4-5,8,11H,3,6-7,9-10,12H2,1-2H3. The molecule has 0 unspecified atom stereocenters. The second-order valence-corrected chi connectivity index (χ2v) is 5.78. The highest BCUT2D eigenvalue weighted by molar-refractivity contribution is 5.69. The van der Waals surface area contributed by atoms with Gasteiger partial charge in [-0.3, -0.25) is 14.5 Å². The molecule has 3 heterocycles. The van der Waals surface area contributed by atoms with E-state index in [0.29, 0.717) is 19.6 Å². The van der Waals surface area contributed by atoms with Crippen molar-refractivity contribution in [3.05, 3.63) is 35.8 Å². The van der Waals surface area contributed by atoms with Crippen molar-refractivity contribution in [2.75, 3.05) is 20.2 Å². The van der Waals surface area contributed by atoms with Gasteiger partial charge < -0.3 is 9.64 Å². The van der Waals surface area contributed by atoms with Crippen molar-refractivity contribution < 1.29 is 9.53 Å². The van der Waals surface area contributed by atoms with Crippen LogP contribution in [0.25, 0.3) is 11.3 Å². The lowest BCUT2D eigenvalue weighted by molar-refractivity contribution is -0.143. The molecule has 122 valence electrons. The maximum Gasteiger partial charge on any atom is 0.307 e. The van der Waals surface area contributed by atoms with Crippen molar-refractivity contribution in [3.63, 3.8) is 0 Å². The highest BCUT2D eigenvalue weighted by atomic mass is 16.5. The fraction of sp³-hybridized carbons (Fsp3) is 0.471. The summed E-state index contributed by atoms with van der Waals surface area (Å²) in [5.74, 6) is -0.174. The van der Waals surface area contributed by atoms with Crippen LogP contribution in [0.5, 0.6) is 0 Å². The van der Waals surface area contributed by atoms with Gasteiger partial charge in [0.05, 0.1) is 25.3 Å². The van der Waals surface area contributed by atoms with Crippen molar-refractivity contribution in [2.24, 2.45) is 0 Å². The van der Waals surface area contributed by atoms with Crippen LogP contribution >= 0.6 is 0 Å². The molecule has 1 aliphatic rings. The lowest BCUT2D eigenvalue weighted by Gasteiger charge is -2.23. The first kappa shape index (κ1) is 15.7. The summed E-state index contributed by atoms with van der Waals surface area (Å²) >= 11 is 0. The number of esters is 1. The van der Waals surface area contributed by atoms with Gasteiger partial charge in [0.1, 0.15) is 0 Å². The molecule has 6 nitrogen and oxygen atoms in total. The summed E-state index contributed by atoms with van der Waals surface area (Å²) in [5.41, 5.74) is 4.47. The third-order valence-corrected chi connectivity index (χ3v) is 4.09. The van der Waals surface area contributed by atoms with Gasteiger partial charge in [-0.2, -0.15) is 5.10 Å². The first-order valence-electron chi connectivity index (χ1n) is 8.02. The first-order valence-corrected chi connectivity index (χ1v) is 8.02. The smallest absolute Gasteiger partial charge is 0.307 e. The fourth-order valence-corrected chi connectivity index (χ4v) is 2.98. The van der Waals surface area contributed by atoms with Gasteiger partial charge in [0, 0.05) is 48.7 Å².